The first-order valence-electron chi connectivity index (χ1n) is 4.21. The summed E-state index contributed by atoms with van der Waals surface area (Å²) in [5.74, 6) is 0. The highest BCUT2D eigenvalue weighted by Gasteiger charge is 2.39. The van der Waals surface area contributed by atoms with Gasteiger partial charge in [0.05, 0.1) is 6.61 Å². The van der Waals surface area contributed by atoms with Gasteiger partial charge in [0.25, 0.3) is 0 Å². The van der Waals surface area contributed by atoms with Crippen molar-refractivity contribution in [2.45, 2.75) is 32.2 Å². The third-order valence-electron chi connectivity index (χ3n) is 2.21. The first-order chi connectivity index (χ1) is 5.62. The van der Waals surface area contributed by atoms with Gasteiger partial charge in [-0.25, -0.2) is 0 Å². The van der Waals surface area contributed by atoms with Crippen molar-refractivity contribution in [3.63, 3.8) is 0 Å². The normalized spacial score (nSPS) is 35.9. The maximum absolute atomic E-state index is 9.04. The summed E-state index contributed by atoms with van der Waals surface area (Å²) in [7, 11) is 0. The van der Waals surface area contributed by atoms with E-state index in [4.69, 9.17) is 14.6 Å². The Morgan fingerprint density at radius 3 is 2.92 bits per heavy atom. The Morgan fingerprint density at radius 2 is 2.50 bits per heavy atom. The van der Waals surface area contributed by atoms with E-state index in [1.165, 1.54) is 0 Å². The van der Waals surface area contributed by atoms with Gasteiger partial charge in [0.2, 0.25) is 0 Å². The van der Waals surface area contributed by atoms with Gasteiger partial charge in [-0.3, -0.25) is 0 Å². The zero-order valence-corrected chi connectivity index (χ0v) is 7.67. The summed E-state index contributed by atoms with van der Waals surface area (Å²) in [5.41, 5.74) is 0.309. The summed E-state index contributed by atoms with van der Waals surface area (Å²) >= 11 is 0. The molecule has 70 valence electrons. The number of hydrogen-bond donors (Lipinski definition) is 1. The van der Waals surface area contributed by atoms with Crippen molar-refractivity contribution >= 4 is 0 Å². The smallest absolute Gasteiger partial charge is 0.162 e. The maximum Gasteiger partial charge on any atom is 0.162 e. The lowest BCUT2D eigenvalue weighted by Gasteiger charge is -2.22. The van der Waals surface area contributed by atoms with Crippen LogP contribution in [0, 0.1) is 0 Å². The fourth-order valence-electron chi connectivity index (χ4n) is 1.26. The average molecular weight is 172 g/mol. The fourth-order valence-corrected chi connectivity index (χ4v) is 1.26. The second-order valence-electron chi connectivity index (χ2n) is 3.20. The molecular weight excluding hydrogens is 156 g/mol. The van der Waals surface area contributed by atoms with Crippen LogP contribution in [0.15, 0.2) is 12.2 Å². The van der Waals surface area contributed by atoms with Crippen molar-refractivity contribution in [1.82, 2.24) is 0 Å². The SMILES string of the molecule is C=C1C[C@@H](OCC)O[C@]1(C)CO. The molecule has 1 N–H and O–H groups in total. The summed E-state index contributed by atoms with van der Waals surface area (Å²) in [5, 5.41) is 9.04. The first kappa shape index (κ1) is 9.71. The second kappa shape index (κ2) is 3.56. The largest absolute Gasteiger partial charge is 0.393 e. The van der Waals surface area contributed by atoms with E-state index in [0.717, 1.165) is 5.57 Å². The number of rotatable bonds is 3. The molecule has 3 nitrogen and oxygen atoms in total. The predicted octanol–water partition coefficient (Wildman–Crippen LogP) is 1.08. The second-order valence-corrected chi connectivity index (χ2v) is 3.20. The summed E-state index contributed by atoms with van der Waals surface area (Å²) in [6.45, 7) is 8.18. The van der Waals surface area contributed by atoms with Crippen LogP contribution in [0.4, 0.5) is 0 Å². The molecule has 0 aromatic heterocycles. The predicted molar refractivity (Wildman–Crippen MR) is 45.7 cm³/mol. The van der Waals surface area contributed by atoms with Gasteiger partial charge in [-0.15, -0.1) is 0 Å². The van der Waals surface area contributed by atoms with E-state index < -0.39 is 5.60 Å². The number of aliphatic hydroxyl groups is 1. The van der Waals surface area contributed by atoms with Crippen LogP contribution in [0.25, 0.3) is 0 Å². The summed E-state index contributed by atoms with van der Waals surface area (Å²) in [6, 6.07) is 0. The van der Waals surface area contributed by atoms with Crippen LogP contribution in [0.3, 0.4) is 0 Å². The van der Waals surface area contributed by atoms with Crippen LogP contribution in [0.2, 0.25) is 0 Å². The lowest BCUT2D eigenvalue weighted by Crippen LogP contribution is -2.31. The Morgan fingerprint density at radius 1 is 1.83 bits per heavy atom. The molecule has 0 aromatic carbocycles. The standard InChI is InChI=1S/C9H16O3/c1-4-11-8-5-7(2)9(3,6-10)12-8/h8,10H,2,4-6H2,1,3H3/t8-,9+/m0/s1. The molecule has 2 atom stereocenters. The Hall–Kier alpha value is -0.380. The molecule has 0 spiro atoms. The van der Waals surface area contributed by atoms with Gasteiger partial charge in [-0.1, -0.05) is 6.58 Å². The van der Waals surface area contributed by atoms with Crippen LogP contribution in [-0.4, -0.2) is 30.2 Å². The Balaban J connectivity index is 2.56. The average Bonchev–Trinajstić information content (AvgIpc) is 2.30. The van der Waals surface area contributed by atoms with E-state index in [9.17, 15) is 0 Å². The van der Waals surface area contributed by atoms with E-state index in [1.807, 2.05) is 13.8 Å². The Labute approximate surface area is 73.0 Å². The highest BCUT2D eigenvalue weighted by Crippen LogP contribution is 2.34. The Bertz CT molecular complexity index is 179. The van der Waals surface area contributed by atoms with Gasteiger partial charge in [-0.05, 0) is 19.4 Å². The van der Waals surface area contributed by atoms with Crippen LogP contribution in [0.1, 0.15) is 20.3 Å². The molecule has 1 rings (SSSR count). The van der Waals surface area contributed by atoms with Crippen molar-refractivity contribution in [2.24, 2.45) is 0 Å². The van der Waals surface area contributed by atoms with Crippen molar-refractivity contribution in [1.29, 1.82) is 0 Å². The van der Waals surface area contributed by atoms with Crippen LogP contribution in [-0.2, 0) is 9.47 Å². The van der Waals surface area contributed by atoms with E-state index >= 15 is 0 Å². The molecule has 0 aliphatic carbocycles. The zero-order valence-electron chi connectivity index (χ0n) is 7.67. The van der Waals surface area contributed by atoms with E-state index in [1.54, 1.807) is 0 Å². The summed E-state index contributed by atoms with van der Waals surface area (Å²) < 4.78 is 10.8. The molecule has 1 saturated heterocycles. The van der Waals surface area contributed by atoms with Gasteiger partial charge in [-0.2, -0.15) is 0 Å². The fraction of sp³-hybridized carbons (Fsp3) is 0.778. The van der Waals surface area contributed by atoms with Crippen molar-refractivity contribution in [3.8, 4) is 0 Å². The molecule has 0 radical (unpaired) electrons. The minimum Gasteiger partial charge on any atom is -0.393 e. The molecule has 0 saturated carbocycles. The van der Waals surface area contributed by atoms with Crippen molar-refractivity contribution in [3.05, 3.63) is 12.2 Å². The van der Waals surface area contributed by atoms with Gasteiger partial charge >= 0.3 is 0 Å². The van der Waals surface area contributed by atoms with Crippen molar-refractivity contribution < 1.29 is 14.6 Å². The van der Waals surface area contributed by atoms with E-state index in [-0.39, 0.29) is 12.9 Å². The molecule has 1 aliphatic rings. The molecule has 0 bridgehead atoms. The van der Waals surface area contributed by atoms with Crippen LogP contribution >= 0.6 is 0 Å². The topological polar surface area (TPSA) is 38.7 Å². The summed E-state index contributed by atoms with van der Waals surface area (Å²) in [4.78, 5) is 0. The molecule has 0 unspecified atom stereocenters. The third-order valence-corrected chi connectivity index (χ3v) is 2.21. The highest BCUT2D eigenvalue weighted by atomic mass is 16.7. The Kier molecular flexibility index (Phi) is 2.88. The molecule has 0 aromatic rings. The van der Waals surface area contributed by atoms with Crippen LogP contribution < -0.4 is 0 Å². The van der Waals surface area contributed by atoms with Gasteiger partial charge in [0.15, 0.2) is 6.29 Å². The minimum atomic E-state index is -0.597. The number of hydrogen-bond acceptors (Lipinski definition) is 3. The van der Waals surface area contributed by atoms with E-state index in [2.05, 4.69) is 6.58 Å². The lowest BCUT2D eigenvalue weighted by atomic mass is 9.99. The third kappa shape index (κ3) is 1.68. The molecule has 1 aliphatic heterocycles. The lowest BCUT2D eigenvalue weighted by molar-refractivity contribution is -0.167. The zero-order chi connectivity index (χ0) is 9.19. The van der Waals surface area contributed by atoms with Gasteiger partial charge in [0, 0.05) is 13.0 Å². The number of ether oxygens (including phenoxy) is 2. The van der Waals surface area contributed by atoms with Crippen molar-refractivity contribution in [2.75, 3.05) is 13.2 Å². The minimum absolute atomic E-state index is 0.0323. The van der Waals surface area contributed by atoms with Gasteiger partial charge < -0.3 is 14.6 Å². The summed E-state index contributed by atoms with van der Waals surface area (Å²) in [6.07, 6.45) is 0.463. The number of aliphatic hydroxyl groups excluding tert-OH is 1. The first-order valence-corrected chi connectivity index (χ1v) is 4.21. The van der Waals surface area contributed by atoms with Gasteiger partial charge in [0.1, 0.15) is 5.60 Å². The van der Waals surface area contributed by atoms with Crippen LogP contribution in [0.5, 0.6) is 0 Å². The molecular formula is C9H16O3. The molecule has 12 heavy (non-hydrogen) atoms. The highest BCUT2D eigenvalue weighted by molar-refractivity contribution is 5.16. The monoisotopic (exact) mass is 172 g/mol. The maximum atomic E-state index is 9.04. The molecule has 0 amide bonds. The molecule has 1 fully saturated rings. The quantitative estimate of drug-likeness (QED) is 0.647. The molecule has 1 heterocycles. The van der Waals surface area contributed by atoms with E-state index in [0.29, 0.717) is 13.0 Å². The molecule has 3 heteroatoms.